The first-order valence-corrected chi connectivity index (χ1v) is 2.95. The van der Waals surface area contributed by atoms with Crippen molar-refractivity contribution in [2.75, 3.05) is 0 Å². The molecule has 1 unspecified atom stereocenters. The van der Waals surface area contributed by atoms with Crippen molar-refractivity contribution in [1.82, 2.24) is 4.72 Å². The summed E-state index contributed by atoms with van der Waals surface area (Å²) in [6, 6.07) is 0. The quantitative estimate of drug-likeness (QED) is 0.518. The topological polar surface area (TPSA) is 64.3 Å². The zero-order valence-corrected chi connectivity index (χ0v) is 5.33. The first kappa shape index (κ1) is 7.61. The maximum Gasteiger partial charge on any atom is 0.278 e. The summed E-state index contributed by atoms with van der Waals surface area (Å²) in [6.07, 6.45) is 0. The van der Waals surface area contributed by atoms with Gasteiger partial charge in [0.15, 0.2) is 0 Å². The van der Waals surface area contributed by atoms with Crippen molar-refractivity contribution in [2.24, 2.45) is 5.90 Å². The maximum atomic E-state index is 10.2. The van der Waals surface area contributed by atoms with E-state index >= 15 is 0 Å². The fraction of sp³-hybridized carbons (Fsp3) is 0.333. The number of nitrogens with two attached hydrogens (primary N) is 1. The van der Waals surface area contributed by atoms with Crippen molar-refractivity contribution in [2.45, 2.75) is 6.92 Å². The molecule has 0 aliphatic heterocycles. The molecule has 0 fully saturated rings. The minimum atomic E-state index is -1.63. The van der Waals surface area contributed by atoms with Crippen molar-refractivity contribution < 1.29 is 8.49 Å². The fourth-order valence-corrected chi connectivity index (χ4v) is 0.499. The Balaban J connectivity index is 3.40. The first-order chi connectivity index (χ1) is 3.66. The molecule has 0 saturated heterocycles. The Morgan fingerprint density at radius 2 is 2.50 bits per heavy atom. The van der Waals surface area contributed by atoms with Gasteiger partial charge in [0.2, 0.25) is 0 Å². The Kier molecular flexibility index (Phi) is 3.42. The summed E-state index contributed by atoms with van der Waals surface area (Å²) in [4.78, 5) is 0. The molecule has 4 nitrogen and oxygen atoms in total. The van der Waals surface area contributed by atoms with E-state index in [0.717, 1.165) is 0 Å². The normalized spacial score (nSPS) is 12.8. The molecule has 0 aliphatic rings. The highest BCUT2D eigenvalue weighted by atomic mass is 32.2. The van der Waals surface area contributed by atoms with E-state index in [1.54, 1.807) is 6.92 Å². The van der Waals surface area contributed by atoms with Gasteiger partial charge in [-0.15, -0.1) is 0 Å². The van der Waals surface area contributed by atoms with Crippen LogP contribution in [0, 0.1) is 0 Å². The Bertz CT molecular complexity index is 114. The summed E-state index contributed by atoms with van der Waals surface area (Å²) in [5.74, 6) is 4.52. The Labute approximate surface area is 50.5 Å². The molecule has 1 atom stereocenters. The average molecular weight is 136 g/mol. The SMILES string of the molecule is C=C(C)NS(=O)ON. The van der Waals surface area contributed by atoms with E-state index in [0.29, 0.717) is 5.70 Å². The van der Waals surface area contributed by atoms with Gasteiger partial charge in [-0.25, -0.2) is 4.21 Å². The van der Waals surface area contributed by atoms with E-state index in [1.165, 1.54) is 0 Å². The summed E-state index contributed by atoms with van der Waals surface area (Å²) < 4.78 is 16.4. The van der Waals surface area contributed by atoms with Crippen LogP contribution < -0.4 is 10.6 Å². The highest BCUT2D eigenvalue weighted by molar-refractivity contribution is 7.78. The van der Waals surface area contributed by atoms with Crippen molar-refractivity contribution in [1.29, 1.82) is 0 Å². The van der Waals surface area contributed by atoms with Gasteiger partial charge in [0.05, 0.1) is 0 Å². The lowest BCUT2D eigenvalue weighted by molar-refractivity contribution is 0.363. The molecule has 0 aromatic rings. The van der Waals surface area contributed by atoms with Crippen LogP contribution in [0.1, 0.15) is 6.92 Å². The zero-order valence-electron chi connectivity index (χ0n) is 4.51. The monoisotopic (exact) mass is 136 g/mol. The van der Waals surface area contributed by atoms with Gasteiger partial charge in [-0.3, -0.25) is 4.72 Å². The van der Waals surface area contributed by atoms with Crippen LogP contribution in [-0.2, 0) is 15.6 Å². The highest BCUT2D eigenvalue weighted by Crippen LogP contribution is 1.80. The van der Waals surface area contributed by atoms with E-state index in [2.05, 4.69) is 21.5 Å². The van der Waals surface area contributed by atoms with Gasteiger partial charge >= 0.3 is 0 Å². The summed E-state index contributed by atoms with van der Waals surface area (Å²) in [6.45, 7) is 5.05. The third-order valence-electron chi connectivity index (χ3n) is 0.345. The second-order valence-electron chi connectivity index (χ2n) is 1.21. The lowest BCUT2D eigenvalue weighted by Crippen LogP contribution is -2.19. The maximum absolute atomic E-state index is 10.2. The Morgan fingerprint density at radius 1 is 2.00 bits per heavy atom. The summed E-state index contributed by atoms with van der Waals surface area (Å²) in [5, 5.41) is 0. The van der Waals surface area contributed by atoms with Crippen LogP contribution in [0.5, 0.6) is 0 Å². The minimum Gasteiger partial charge on any atom is -0.286 e. The first-order valence-electron chi connectivity index (χ1n) is 1.88. The second kappa shape index (κ2) is 3.59. The van der Waals surface area contributed by atoms with Gasteiger partial charge in [0, 0.05) is 5.70 Å². The van der Waals surface area contributed by atoms with Crippen molar-refractivity contribution >= 4 is 11.3 Å². The van der Waals surface area contributed by atoms with Gasteiger partial charge in [0.1, 0.15) is 0 Å². The molecule has 3 N–H and O–H groups in total. The van der Waals surface area contributed by atoms with Gasteiger partial charge in [-0.2, -0.15) is 10.2 Å². The number of nitrogens with one attached hydrogen (secondary N) is 1. The molecule has 0 aromatic heterocycles. The molecule has 0 bridgehead atoms. The molecule has 48 valence electrons. The minimum absolute atomic E-state index is 0.550. The Morgan fingerprint density at radius 3 is 2.62 bits per heavy atom. The number of allylic oxidation sites excluding steroid dienone is 1. The van der Waals surface area contributed by atoms with Crippen molar-refractivity contribution in [3.05, 3.63) is 12.3 Å². The molecule has 0 heterocycles. The molecule has 0 aliphatic carbocycles. The largest absolute Gasteiger partial charge is 0.286 e. The third kappa shape index (κ3) is 3.79. The molecule has 0 aromatic carbocycles. The standard InChI is InChI=1S/C3H8N2O2S/c1-3(2)5-8(6)7-4/h5H,1,4H2,2H3. The van der Waals surface area contributed by atoms with Gasteiger partial charge in [-0.05, 0) is 6.92 Å². The molecule has 0 saturated carbocycles. The van der Waals surface area contributed by atoms with Gasteiger partial charge < -0.3 is 0 Å². The molecule has 0 amide bonds. The summed E-state index contributed by atoms with van der Waals surface area (Å²) >= 11 is -1.63. The summed E-state index contributed by atoms with van der Waals surface area (Å²) in [7, 11) is 0. The molecule has 0 rings (SSSR count). The second-order valence-corrected chi connectivity index (χ2v) is 2.08. The average Bonchev–Trinajstić information content (AvgIpc) is 1.65. The van der Waals surface area contributed by atoms with Crippen LogP contribution >= 0.6 is 0 Å². The van der Waals surface area contributed by atoms with E-state index in [4.69, 9.17) is 0 Å². The zero-order chi connectivity index (χ0) is 6.57. The van der Waals surface area contributed by atoms with Gasteiger partial charge in [-0.1, -0.05) is 6.58 Å². The van der Waals surface area contributed by atoms with E-state index < -0.39 is 11.3 Å². The molecule has 5 heteroatoms. The molecule has 0 spiro atoms. The van der Waals surface area contributed by atoms with Crippen LogP contribution in [-0.4, -0.2) is 4.21 Å². The lowest BCUT2D eigenvalue weighted by atomic mass is 10.6. The number of hydrogen-bond acceptors (Lipinski definition) is 3. The predicted molar refractivity (Wildman–Crippen MR) is 31.4 cm³/mol. The fourth-order valence-electron chi connectivity index (χ4n) is 0.166. The summed E-state index contributed by atoms with van der Waals surface area (Å²) in [5.41, 5.74) is 0.550. The Hall–Kier alpha value is -0.390. The van der Waals surface area contributed by atoms with Crippen LogP contribution in [0.25, 0.3) is 0 Å². The molecular formula is C3H8N2O2S. The lowest BCUT2D eigenvalue weighted by Gasteiger charge is -1.97. The smallest absolute Gasteiger partial charge is 0.278 e. The molecular weight excluding hydrogens is 128 g/mol. The van der Waals surface area contributed by atoms with Crippen LogP contribution in [0.3, 0.4) is 0 Å². The van der Waals surface area contributed by atoms with Crippen LogP contribution in [0.2, 0.25) is 0 Å². The van der Waals surface area contributed by atoms with E-state index in [9.17, 15) is 4.21 Å². The predicted octanol–water partition coefficient (Wildman–Crippen LogP) is -0.421. The van der Waals surface area contributed by atoms with Crippen molar-refractivity contribution in [3.63, 3.8) is 0 Å². The number of rotatable bonds is 3. The number of hydrogen-bond donors (Lipinski definition) is 2. The third-order valence-corrected chi connectivity index (χ3v) is 1.03. The van der Waals surface area contributed by atoms with E-state index in [-0.39, 0.29) is 0 Å². The van der Waals surface area contributed by atoms with Crippen LogP contribution in [0.15, 0.2) is 12.3 Å². The van der Waals surface area contributed by atoms with Crippen LogP contribution in [0.4, 0.5) is 0 Å². The molecule has 8 heavy (non-hydrogen) atoms. The van der Waals surface area contributed by atoms with Crippen molar-refractivity contribution in [3.8, 4) is 0 Å². The van der Waals surface area contributed by atoms with E-state index in [1.807, 2.05) is 0 Å². The highest BCUT2D eigenvalue weighted by Gasteiger charge is 1.91. The molecule has 0 radical (unpaired) electrons. The van der Waals surface area contributed by atoms with Gasteiger partial charge in [0.25, 0.3) is 11.3 Å².